The van der Waals surface area contributed by atoms with Gasteiger partial charge < -0.3 is 15.0 Å². The molecule has 2 aromatic heterocycles. The Labute approximate surface area is 184 Å². The maximum absolute atomic E-state index is 13.0. The van der Waals surface area contributed by atoms with Crippen molar-refractivity contribution in [1.82, 2.24) is 9.97 Å². The Hall–Kier alpha value is -2.53. The van der Waals surface area contributed by atoms with E-state index >= 15 is 0 Å². The second-order valence-electron chi connectivity index (χ2n) is 7.57. The van der Waals surface area contributed by atoms with E-state index in [9.17, 15) is 18.0 Å². The molecule has 1 fully saturated rings. The molecule has 2 aliphatic heterocycles. The SMILES string of the molecule is CCOC(=O)c1c(NC(=O)C2CCN(c3ncccn3)CC2)sc2c1CCS(=O)(=O)C2. The summed E-state index contributed by atoms with van der Waals surface area (Å²) in [6.07, 6.45) is 4.91. The molecule has 31 heavy (non-hydrogen) atoms. The first-order chi connectivity index (χ1) is 14.9. The van der Waals surface area contributed by atoms with Gasteiger partial charge in [0.25, 0.3) is 0 Å². The predicted molar refractivity (Wildman–Crippen MR) is 117 cm³/mol. The lowest BCUT2D eigenvalue weighted by Crippen LogP contribution is -2.39. The van der Waals surface area contributed by atoms with Crippen molar-refractivity contribution in [2.75, 3.05) is 35.7 Å². The number of carbonyl (C=O) groups excluding carboxylic acids is 2. The normalized spacial score (nSPS) is 18.3. The van der Waals surface area contributed by atoms with E-state index in [0.717, 1.165) is 0 Å². The van der Waals surface area contributed by atoms with Crippen LogP contribution in [0, 0.1) is 5.92 Å². The molecule has 1 amide bonds. The van der Waals surface area contributed by atoms with Crippen molar-refractivity contribution in [3.05, 3.63) is 34.5 Å². The molecule has 0 bridgehead atoms. The first-order valence-electron chi connectivity index (χ1n) is 10.2. The standard InChI is InChI=1S/C20H24N4O5S2/c1-2-29-19(26)16-14-6-11-31(27,28)12-15(14)30-18(16)23-17(25)13-4-9-24(10-5-13)20-21-7-3-8-22-20/h3,7-8,13H,2,4-6,9-12H2,1H3,(H,23,25). The van der Waals surface area contributed by atoms with Crippen molar-refractivity contribution in [2.45, 2.75) is 31.9 Å². The molecular formula is C20H24N4O5S2. The summed E-state index contributed by atoms with van der Waals surface area (Å²) in [7, 11) is -3.19. The third-order valence-electron chi connectivity index (χ3n) is 5.52. The number of sulfone groups is 1. The number of thiophene rings is 1. The topological polar surface area (TPSA) is 119 Å². The number of rotatable bonds is 5. The molecule has 0 aromatic carbocycles. The summed E-state index contributed by atoms with van der Waals surface area (Å²) in [5, 5.41) is 3.28. The van der Waals surface area contributed by atoms with Gasteiger partial charge in [0.05, 0.1) is 23.7 Å². The van der Waals surface area contributed by atoms with E-state index in [2.05, 4.69) is 15.3 Å². The van der Waals surface area contributed by atoms with Crippen LogP contribution in [0.15, 0.2) is 18.5 Å². The molecule has 0 saturated carbocycles. The molecule has 11 heteroatoms. The Kier molecular flexibility index (Phi) is 6.24. The van der Waals surface area contributed by atoms with E-state index in [-0.39, 0.29) is 36.4 Å². The van der Waals surface area contributed by atoms with E-state index in [0.29, 0.717) is 52.9 Å². The highest BCUT2D eigenvalue weighted by atomic mass is 32.2. The molecule has 0 aliphatic carbocycles. The van der Waals surface area contributed by atoms with Crippen molar-refractivity contribution in [3.8, 4) is 0 Å². The van der Waals surface area contributed by atoms with Crippen LogP contribution in [0.25, 0.3) is 0 Å². The van der Waals surface area contributed by atoms with Crippen molar-refractivity contribution in [3.63, 3.8) is 0 Å². The maximum Gasteiger partial charge on any atom is 0.341 e. The lowest BCUT2D eigenvalue weighted by atomic mass is 9.96. The largest absolute Gasteiger partial charge is 0.462 e. The molecule has 4 rings (SSSR count). The van der Waals surface area contributed by atoms with Gasteiger partial charge in [-0.15, -0.1) is 11.3 Å². The van der Waals surface area contributed by atoms with Gasteiger partial charge in [0.15, 0.2) is 9.84 Å². The average Bonchev–Trinajstić information content (AvgIpc) is 3.10. The summed E-state index contributed by atoms with van der Waals surface area (Å²) in [5.74, 6) is -0.358. The van der Waals surface area contributed by atoms with Crippen LogP contribution in [0.5, 0.6) is 0 Å². The second-order valence-corrected chi connectivity index (χ2v) is 10.9. The van der Waals surface area contributed by atoms with Crippen molar-refractivity contribution in [2.24, 2.45) is 5.92 Å². The predicted octanol–water partition coefficient (Wildman–Crippen LogP) is 2.04. The number of nitrogens with zero attached hydrogens (tertiary/aromatic N) is 3. The zero-order chi connectivity index (χ0) is 22.0. The van der Waals surface area contributed by atoms with E-state index in [1.165, 1.54) is 11.3 Å². The molecule has 2 aromatic rings. The summed E-state index contributed by atoms with van der Waals surface area (Å²) in [6, 6.07) is 1.76. The second kappa shape index (κ2) is 8.91. The minimum Gasteiger partial charge on any atom is -0.462 e. The van der Waals surface area contributed by atoms with Gasteiger partial charge in [-0.2, -0.15) is 0 Å². The number of amides is 1. The van der Waals surface area contributed by atoms with Gasteiger partial charge in [0, 0.05) is 36.3 Å². The summed E-state index contributed by atoms with van der Waals surface area (Å²) in [5.41, 5.74) is 0.991. The van der Waals surface area contributed by atoms with Crippen LogP contribution in [0.4, 0.5) is 10.9 Å². The van der Waals surface area contributed by atoms with Crippen LogP contribution in [0.1, 0.15) is 40.6 Å². The third kappa shape index (κ3) is 4.72. The highest BCUT2D eigenvalue weighted by molar-refractivity contribution is 7.90. The fraction of sp³-hybridized carbons (Fsp3) is 0.500. The number of esters is 1. The number of hydrogen-bond donors (Lipinski definition) is 1. The Balaban J connectivity index is 1.49. The number of piperidine rings is 1. The molecule has 0 spiro atoms. The molecule has 1 N–H and O–H groups in total. The van der Waals surface area contributed by atoms with Gasteiger partial charge in [-0.05, 0) is 37.8 Å². The minimum atomic E-state index is -3.19. The zero-order valence-electron chi connectivity index (χ0n) is 17.2. The molecule has 166 valence electrons. The highest BCUT2D eigenvalue weighted by Crippen LogP contribution is 2.39. The quantitative estimate of drug-likeness (QED) is 0.668. The van der Waals surface area contributed by atoms with Gasteiger partial charge in [-0.3, -0.25) is 4.79 Å². The molecule has 4 heterocycles. The van der Waals surface area contributed by atoms with E-state index in [4.69, 9.17) is 4.74 Å². The van der Waals surface area contributed by atoms with E-state index in [1.54, 1.807) is 25.4 Å². The van der Waals surface area contributed by atoms with Gasteiger partial charge in [-0.25, -0.2) is 23.2 Å². The van der Waals surface area contributed by atoms with Crippen molar-refractivity contribution >= 4 is 44.0 Å². The third-order valence-corrected chi connectivity index (χ3v) is 8.41. The fourth-order valence-electron chi connectivity index (χ4n) is 3.94. The lowest BCUT2D eigenvalue weighted by Gasteiger charge is -2.31. The van der Waals surface area contributed by atoms with Crippen LogP contribution in [-0.4, -0.2) is 55.7 Å². The summed E-state index contributed by atoms with van der Waals surface area (Å²) < 4.78 is 29.3. The molecule has 0 unspecified atom stereocenters. The molecular weight excluding hydrogens is 440 g/mol. The van der Waals surface area contributed by atoms with Crippen LogP contribution in [0.3, 0.4) is 0 Å². The average molecular weight is 465 g/mol. The molecule has 9 nitrogen and oxygen atoms in total. The highest BCUT2D eigenvalue weighted by Gasteiger charge is 2.33. The first kappa shape index (κ1) is 21.7. The number of anilines is 2. The molecule has 1 saturated heterocycles. The molecule has 2 aliphatic rings. The summed E-state index contributed by atoms with van der Waals surface area (Å²) in [6.45, 7) is 3.23. The lowest BCUT2D eigenvalue weighted by molar-refractivity contribution is -0.120. The van der Waals surface area contributed by atoms with Crippen LogP contribution in [0.2, 0.25) is 0 Å². The number of hydrogen-bond acceptors (Lipinski definition) is 9. The fourth-order valence-corrected chi connectivity index (χ4v) is 6.98. The Morgan fingerprint density at radius 2 is 1.97 bits per heavy atom. The maximum atomic E-state index is 13.0. The number of aromatic nitrogens is 2. The van der Waals surface area contributed by atoms with Crippen molar-refractivity contribution in [1.29, 1.82) is 0 Å². The Morgan fingerprint density at radius 3 is 2.65 bits per heavy atom. The van der Waals surface area contributed by atoms with Gasteiger partial charge >= 0.3 is 5.97 Å². The number of fused-ring (bicyclic) bond motifs is 1. The van der Waals surface area contributed by atoms with Crippen LogP contribution < -0.4 is 10.2 Å². The Bertz CT molecular complexity index is 1080. The van der Waals surface area contributed by atoms with Crippen LogP contribution >= 0.6 is 11.3 Å². The van der Waals surface area contributed by atoms with E-state index < -0.39 is 15.8 Å². The number of nitrogens with one attached hydrogen (secondary N) is 1. The van der Waals surface area contributed by atoms with Gasteiger partial charge in [-0.1, -0.05) is 0 Å². The number of ether oxygens (including phenoxy) is 1. The zero-order valence-corrected chi connectivity index (χ0v) is 18.8. The summed E-state index contributed by atoms with van der Waals surface area (Å²) in [4.78, 5) is 36.7. The van der Waals surface area contributed by atoms with Gasteiger partial charge in [0.1, 0.15) is 5.00 Å². The molecule has 0 radical (unpaired) electrons. The minimum absolute atomic E-state index is 0.00343. The number of carbonyl (C=O) groups is 2. The Morgan fingerprint density at radius 1 is 1.26 bits per heavy atom. The van der Waals surface area contributed by atoms with Gasteiger partial charge in [0.2, 0.25) is 11.9 Å². The smallest absolute Gasteiger partial charge is 0.341 e. The van der Waals surface area contributed by atoms with E-state index in [1.807, 2.05) is 4.90 Å². The molecule has 0 atom stereocenters. The van der Waals surface area contributed by atoms with Crippen molar-refractivity contribution < 1.29 is 22.7 Å². The summed E-state index contributed by atoms with van der Waals surface area (Å²) >= 11 is 1.17. The first-order valence-corrected chi connectivity index (χ1v) is 12.9. The monoisotopic (exact) mass is 464 g/mol. The van der Waals surface area contributed by atoms with Crippen LogP contribution in [-0.2, 0) is 31.5 Å².